The van der Waals surface area contributed by atoms with E-state index in [4.69, 9.17) is 15.2 Å². The van der Waals surface area contributed by atoms with Crippen molar-refractivity contribution in [2.24, 2.45) is 5.73 Å². The lowest BCUT2D eigenvalue weighted by molar-refractivity contribution is 0.303. The van der Waals surface area contributed by atoms with Crippen LogP contribution in [0.1, 0.15) is 18.1 Å². The summed E-state index contributed by atoms with van der Waals surface area (Å²) < 4.78 is 11.2. The molecule has 0 saturated heterocycles. The predicted molar refractivity (Wildman–Crippen MR) is 81.1 cm³/mol. The van der Waals surface area contributed by atoms with Crippen LogP contribution in [0, 0.1) is 0 Å². The van der Waals surface area contributed by atoms with Gasteiger partial charge in [-0.2, -0.15) is 0 Å². The second kappa shape index (κ2) is 7.56. The number of hydrogen-bond acceptors (Lipinski definition) is 3. The molecule has 20 heavy (non-hydrogen) atoms. The van der Waals surface area contributed by atoms with Crippen molar-refractivity contribution in [2.75, 3.05) is 13.2 Å². The van der Waals surface area contributed by atoms with E-state index in [0.717, 1.165) is 17.9 Å². The topological polar surface area (TPSA) is 44.5 Å². The Balaban J connectivity index is 1.97. The average molecular weight is 271 g/mol. The first-order chi connectivity index (χ1) is 9.83. The molecule has 2 rings (SSSR count). The van der Waals surface area contributed by atoms with E-state index in [1.807, 2.05) is 43.3 Å². The van der Waals surface area contributed by atoms with E-state index in [9.17, 15) is 0 Å². The standard InChI is InChI=1S/C17H21NO2/c1-2-19-16-7-9-17(10-8-16)20-13-15-6-4-3-5-14(15)11-12-18/h3-10H,2,11-13,18H2,1H3. The van der Waals surface area contributed by atoms with Gasteiger partial charge in [-0.15, -0.1) is 0 Å². The molecule has 2 N–H and O–H groups in total. The molecule has 0 atom stereocenters. The van der Waals surface area contributed by atoms with Gasteiger partial charge >= 0.3 is 0 Å². The Labute approximate surface area is 120 Å². The monoisotopic (exact) mass is 271 g/mol. The van der Waals surface area contributed by atoms with Crippen LogP contribution in [0.3, 0.4) is 0 Å². The number of ether oxygens (including phenoxy) is 2. The van der Waals surface area contributed by atoms with Crippen LogP contribution in [0.15, 0.2) is 48.5 Å². The summed E-state index contributed by atoms with van der Waals surface area (Å²) in [4.78, 5) is 0. The van der Waals surface area contributed by atoms with E-state index in [0.29, 0.717) is 19.8 Å². The summed E-state index contributed by atoms with van der Waals surface area (Å²) >= 11 is 0. The fraction of sp³-hybridized carbons (Fsp3) is 0.294. The molecule has 0 bridgehead atoms. The van der Waals surface area contributed by atoms with Gasteiger partial charge in [-0.1, -0.05) is 24.3 Å². The fourth-order valence-corrected chi connectivity index (χ4v) is 2.06. The number of nitrogens with two attached hydrogens (primary N) is 1. The summed E-state index contributed by atoms with van der Waals surface area (Å²) in [6, 6.07) is 15.9. The first-order valence-corrected chi connectivity index (χ1v) is 6.96. The molecule has 0 heterocycles. The van der Waals surface area contributed by atoms with Crippen LogP contribution in [-0.4, -0.2) is 13.2 Å². The minimum Gasteiger partial charge on any atom is -0.494 e. The van der Waals surface area contributed by atoms with Gasteiger partial charge in [-0.3, -0.25) is 0 Å². The highest BCUT2D eigenvalue weighted by Gasteiger charge is 2.02. The molecule has 0 amide bonds. The molecule has 0 spiro atoms. The summed E-state index contributed by atoms with van der Waals surface area (Å²) in [5.74, 6) is 1.71. The summed E-state index contributed by atoms with van der Waals surface area (Å²) in [6.45, 7) is 3.86. The highest BCUT2D eigenvalue weighted by molar-refractivity contribution is 5.32. The average Bonchev–Trinajstić information content (AvgIpc) is 2.48. The molecule has 0 aromatic heterocycles. The Bertz CT molecular complexity index is 523. The molecule has 0 aliphatic heterocycles. The molecule has 2 aromatic rings. The molecule has 0 aliphatic rings. The van der Waals surface area contributed by atoms with E-state index >= 15 is 0 Å². The minimum atomic E-state index is 0.560. The van der Waals surface area contributed by atoms with Gasteiger partial charge in [0.2, 0.25) is 0 Å². The van der Waals surface area contributed by atoms with E-state index < -0.39 is 0 Å². The van der Waals surface area contributed by atoms with Crippen molar-refractivity contribution in [3.8, 4) is 11.5 Å². The molecule has 0 fully saturated rings. The zero-order valence-electron chi connectivity index (χ0n) is 11.8. The Morgan fingerprint density at radius 3 is 2.05 bits per heavy atom. The zero-order valence-corrected chi connectivity index (χ0v) is 11.8. The zero-order chi connectivity index (χ0) is 14.2. The van der Waals surface area contributed by atoms with Gasteiger partial charge in [0.15, 0.2) is 0 Å². The molecule has 0 radical (unpaired) electrons. The van der Waals surface area contributed by atoms with E-state index in [1.54, 1.807) is 0 Å². The SMILES string of the molecule is CCOc1ccc(OCc2ccccc2CCN)cc1. The second-order valence-electron chi connectivity index (χ2n) is 4.50. The lowest BCUT2D eigenvalue weighted by atomic mass is 10.1. The summed E-state index contributed by atoms with van der Waals surface area (Å²) in [7, 11) is 0. The van der Waals surface area contributed by atoms with Gasteiger partial charge in [0.05, 0.1) is 6.61 Å². The van der Waals surface area contributed by atoms with E-state index in [1.165, 1.54) is 11.1 Å². The number of hydrogen-bond donors (Lipinski definition) is 1. The third kappa shape index (κ3) is 4.00. The summed E-state index contributed by atoms with van der Waals surface area (Å²) in [5.41, 5.74) is 8.06. The Morgan fingerprint density at radius 2 is 1.45 bits per heavy atom. The van der Waals surface area contributed by atoms with Crippen LogP contribution in [0.2, 0.25) is 0 Å². The van der Waals surface area contributed by atoms with Crippen LogP contribution in [0.5, 0.6) is 11.5 Å². The maximum Gasteiger partial charge on any atom is 0.120 e. The molecule has 0 aliphatic carbocycles. The third-order valence-electron chi connectivity index (χ3n) is 3.06. The second-order valence-corrected chi connectivity index (χ2v) is 4.50. The highest BCUT2D eigenvalue weighted by atomic mass is 16.5. The van der Waals surface area contributed by atoms with Crippen molar-refractivity contribution in [3.05, 3.63) is 59.7 Å². The largest absolute Gasteiger partial charge is 0.494 e. The highest BCUT2D eigenvalue weighted by Crippen LogP contribution is 2.19. The van der Waals surface area contributed by atoms with Crippen LogP contribution >= 0.6 is 0 Å². The van der Waals surface area contributed by atoms with Crippen molar-refractivity contribution < 1.29 is 9.47 Å². The van der Waals surface area contributed by atoms with Crippen LogP contribution < -0.4 is 15.2 Å². The maximum atomic E-state index is 5.82. The first-order valence-electron chi connectivity index (χ1n) is 6.96. The minimum absolute atomic E-state index is 0.560. The fourth-order valence-electron chi connectivity index (χ4n) is 2.06. The van der Waals surface area contributed by atoms with Gasteiger partial charge in [-0.05, 0) is 55.3 Å². The Hall–Kier alpha value is -2.00. The molecule has 0 unspecified atom stereocenters. The molecule has 0 saturated carbocycles. The molecular weight excluding hydrogens is 250 g/mol. The normalized spacial score (nSPS) is 10.3. The maximum absolute atomic E-state index is 5.82. The van der Waals surface area contributed by atoms with Crippen molar-refractivity contribution in [1.29, 1.82) is 0 Å². The van der Waals surface area contributed by atoms with Crippen molar-refractivity contribution in [2.45, 2.75) is 20.0 Å². The van der Waals surface area contributed by atoms with Crippen molar-refractivity contribution in [1.82, 2.24) is 0 Å². The van der Waals surface area contributed by atoms with Gasteiger partial charge in [0.1, 0.15) is 18.1 Å². The van der Waals surface area contributed by atoms with Gasteiger partial charge < -0.3 is 15.2 Å². The molecular formula is C17H21NO2. The van der Waals surface area contributed by atoms with Gasteiger partial charge in [-0.25, -0.2) is 0 Å². The first kappa shape index (κ1) is 14.4. The van der Waals surface area contributed by atoms with Crippen LogP contribution in [0.4, 0.5) is 0 Å². The lowest BCUT2D eigenvalue weighted by Crippen LogP contribution is -2.07. The molecule has 3 nitrogen and oxygen atoms in total. The molecule has 106 valence electrons. The predicted octanol–water partition coefficient (Wildman–Crippen LogP) is 3.17. The molecule has 3 heteroatoms. The number of rotatable bonds is 7. The van der Waals surface area contributed by atoms with Crippen LogP contribution in [-0.2, 0) is 13.0 Å². The Kier molecular flexibility index (Phi) is 5.44. The third-order valence-corrected chi connectivity index (χ3v) is 3.06. The van der Waals surface area contributed by atoms with E-state index in [-0.39, 0.29) is 0 Å². The van der Waals surface area contributed by atoms with Crippen LogP contribution in [0.25, 0.3) is 0 Å². The van der Waals surface area contributed by atoms with E-state index in [2.05, 4.69) is 12.1 Å². The van der Waals surface area contributed by atoms with Gasteiger partial charge in [0, 0.05) is 0 Å². The Morgan fingerprint density at radius 1 is 0.850 bits per heavy atom. The summed E-state index contributed by atoms with van der Waals surface area (Å²) in [6.07, 6.45) is 0.878. The number of benzene rings is 2. The molecule has 2 aromatic carbocycles. The van der Waals surface area contributed by atoms with Crippen molar-refractivity contribution in [3.63, 3.8) is 0 Å². The van der Waals surface area contributed by atoms with Gasteiger partial charge in [0.25, 0.3) is 0 Å². The van der Waals surface area contributed by atoms with Crippen molar-refractivity contribution >= 4 is 0 Å². The quantitative estimate of drug-likeness (QED) is 0.841. The smallest absolute Gasteiger partial charge is 0.120 e. The summed E-state index contributed by atoms with van der Waals surface area (Å²) in [5, 5.41) is 0. The lowest BCUT2D eigenvalue weighted by Gasteiger charge is -2.11.